The third-order valence-corrected chi connectivity index (χ3v) is 4.25. The summed E-state index contributed by atoms with van der Waals surface area (Å²) in [6.07, 6.45) is 5.82. The molecule has 2 aliphatic rings. The molecule has 4 heteroatoms. The molecule has 3 N–H and O–H groups in total. The number of nitrogens with one attached hydrogen (secondary N) is 1. The van der Waals surface area contributed by atoms with Crippen molar-refractivity contribution < 1.29 is 0 Å². The minimum absolute atomic E-state index is 0.579. The van der Waals surface area contributed by atoms with E-state index in [0.717, 1.165) is 10.5 Å². The Kier molecular flexibility index (Phi) is 2.21. The van der Waals surface area contributed by atoms with Crippen LogP contribution in [-0.4, -0.2) is 17.1 Å². The molecule has 80 valence electrons. The molecule has 1 aromatic rings. The van der Waals surface area contributed by atoms with Crippen LogP contribution in [0.15, 0.2) is 16.7 Å². The number of halogens is 1. The molecular weight excluding hydrogens is 254 g/mol. The summed E-state index contributed by atoms with van der Waals surface area (Å²) in [5.74, 6) is 1.21. The summed E-state index contributed by atoms with van der Waals surface area (Å²) in [6.45, 7) is 0. The molecular formula is C11H14BrN3. The Morgan fingerprint density at radius 1 is 1.47 bits per heavy atom. The number of nitrogen functional groups attached to an aromatic ring is 1. The van der Waals surface area contributed by atoms with E-state index in [-0.39, 0.29) is 0 Å². The molecule has 1 aromatic heterocycles. The first-order valence-corrected chi connectivity index (χ1v) is 6.20. The Morgan fingerprint density at radius 2 is 2.33 bits per heavy atom. The van der Waals surface area contributed by atoms with Crippen molar-refractivity contribution in [2.45, 2.75) is 37.3 Å². The molecule has 0 saturated carbocycles. The molecule has 3 rings (SSSR count). The third kappa shape index (κ3) is 1.56. The second-order valence-corrected chi connectivity index (χ2v) is 5.38. The van der Waals surface area contributed by atoms with Crippen LogP contribution in [0.3, 0.4) is 0 Å². The lowest BCUT2D eigenvalue weighted by Gasteiger charge is -2.20. The van der Waals surface area contributed by atoms with E-state index < -0.39 is 0 Å². The molecule has 0 spiro atoms. The van der Waals surface area contributed by atoms with Gasteiger partial charge in [0.25, 0.3) is 0 Å². The Morgan fingerprint density at radius 3 is 2.93 bits per heavy atom. The number of fused-ring (bicyclic) bond motifs is 2. The lowest BCUT2D eigenvalue weighted by molar-refractivity contribution is 0.505. The summed E-state index contributed by atoms with van der Waals surface area (Å²) >= 11 is 3.44. The maximum Gasteiger partial charge on any atom is 0.137 e. The summed E-state index contributed by atoms with van der Waals surface area (Å²) in [6, 6.07) is 3.51. The molecule has 2 saturated heterocycles. The predicted octanol–water partition coefficient (Wildman–Crippen LogP) is 2.03. The summed E-state index contributed by atoms with van der Waals surface area (Å²) in [5.41, 5.74) is 7.01. The number of pyridine rings is 1. The van der Waals surface area contributed by atoms with Gasteiger partial charge in [-0.25, -0.2) is 4.98 Å². The topological polar surface area (TPSA) is 50.9 Å². The first kappa shape index (κ1) is 9.60. The van der Waals surface area contributed by atoms with E-state index in [0.29, 0.717) is 17.8 Å². The van der Waals surface area contributed by atoms with Crippen LogP contribution in [0.2, 0.25) is 0 Å². The monoisotopic (exact) mass is 267 g/mol. The second-order valence-electron chi connectivity index (χ2n) is 4.53. The largest absolute Gasteiger partial charge is 0.383 e. The lowest BCUT2D eigenvalue weighted by atomic mass is 9.85. The number of rotatable bonds is 1. The van der Waals surface area contributed by atoms with Crippen LogP contribution in [-0.2, 0) is 0 Å². The molecule has 0 aliphatic carbocycles. The minimum atomic E-state index is 0.579. The van der Waals surface area contributed by atoms with Gasteiger partial charge < -0.3 is 11.1 Å². The van der Waals surface area contributed by atoms with Crippen molar-refractivity contribution >= 4 is 21.7 Å². The molecule has 2 unspecified atom stereocenters. The molecule has 3 heterocycles. The molecule has 3 nitrogen and oxygen atoms in total. The van der Waals surface area contributed by atoms with Crippen LogP contribution in [0, 0.1) is 0 Å². The molecule has 2 fully saturated rings. The van der Waals surface area contributed by atoms with E-state index in [2.05, 4.69) is 32.3 Å². The summed E-state index contributed by atoms with van der Waals surface area (Å²) in [4.78, 5) is 4.21. The van der Waals surface area contributed by atoms with E-state index in [4.69, 9.17) is 5.73 Å². The van der Waals surface area contributed by atoms with Crippen molar-refractivity contribution in [1.29, 1.82) is 0 Å². The third-order valence-electron chi connectivity index (χ3n) is 3.62. The number of nitrogens with zero attached hydrogens (tertiary/aromatic N) is 1. The fourth-order valence-electron chi connectivity index (χ4n) is 2.86. The van der Waals surface area contributed by atoms with Gasteiger partial charge in [-0.3, -0.25) is 0 Å². The predicted molar refractivity (Wildman–Crippen MR) is 63.7 cm³/mol. The van der Waals surface area contributed by atoms with Gasteiger partial charge in [0.1, 0.15) is 5.82 Å². The molecule has 2 aliphatic heterocycles. The van der Waals surface area contributed by atoms with Gasteiger partial charge in [0.05, 0.1) is 4.47 Å². The molecule has 2 bridgehead atoms. The van der Waals surface area contributed by atoms with Crippen molar-refractivity contribution in [1.82, 2.24) is 10.3 Å². The van der Waals surface area contributed by atoms with Crippen LogP contribution in [0.25, 0.3) is 0 Å². The van der Waals surface area contributed by atoms with Crippen molar-refractivity contribution in [3.05, 3.63) is 22.3 Å². The SMILES string of the molecule is Nc1ncc(C2CC3CC[C@H]2N3)cc1Br. The number of hydrogen-bond donors (Lipinski definition) is 2. The average molecular weight is 268 g/mol. The van der Waals surface area contributed by atoms with Crippen LogP contribution < -0.4 is 11.1 Å². The van der Waals surface area contributed by atoms with Gasteiger partial charge in [0.15, 0.2) is 0 Å². The highest BCUT2D eigenvalue weighted by Crippen LogP contribution is 2.40. The summed E-state index contributed by atoms with van der Waals surface area (Å²) in [5, 5.41) is 3.64. The van der Waals surface area contributed by atoms with Gasteiger partial charge in [-0.2, -0.15) is 0 Å². The zero-order chi connectivity index (χ0) is 10.4. The Labute approximate surface area is 97.6 Å². The normalized spacial score (nSPS) is 33.5. The van der Waals surface area contributed by atoms with Gasteiger partial charge in [-0.1, -0.05) is 0 Å². The smallest absolute Gasteiger partial charge is 0.137 e. The number of aromatic nitrogens is 1. The highest BCUT2D eigenvalue weighted by atomic mass is 79.9. The average Bonchev–Trinajstić information content (AvgIpc) is 2.83. The standard InChI is InChI=1S/C11H14BrN3/c12-9-3-6(5-14-11(9)13)8-4-7-1-2-10(8)15-7/h3,5,7-8,10,15H,1-2,4H2,(H2,13,14)/t7?,8?,10-/m1/s1. The summed E-state index contributed by atoms with van der Waals surface area (Å²) in [7, 11) is 0. The lowest BCUT2D eigenvalue weighted by Crippen LogP contribution is -2.21. The molecule has 15 heavy (non-hydrogen) atoms. The Balaban J connectivity index is 1.90. The first-order chi connectivity index (χ1) is 7.24. The van der Waals surface area contributed by atoms with Crippen LogP contribution in [0.4, 0.5) is 5.82 Å². The number of anilines is 1. The van der Waals surface area contributed by atoms with E-state index in [1.54, 1.807) is 0 Å². The van der Waals surface area contributed by atoms with Crippen LogP contribution in [0.1, 0.15) is 30.7 Å². The van der Waals surface area contributed by atoms with Gasteiger partial charge in [0.2, 0.25) is 0 Å². The van der Waals surface area contributed by atoms with E-state index in [1.807, 2.05) is 6.20 Å². The zero-order valence-electron chi connectivity index (χ0n) is 8.41. The van der Waals surface area contributed by atoms with Gasteiger partial charge in [-0.15, -0.1) is 0 Å². The molecule has 3 atom stereocenters. The highest BCUT2D eigenvalue weighted by molar-refractivity contribution is 9.10. The first-order valence-electron chi connectivity index (χ1n) is 5.41. The molecule has 0 aromatic carbocycles. The quantitative estimate of drug-likeness (QED) is 0.819. The highest BCUT2D eigenvalue weighted by Gasteiger charge is 2.39. The van der Waals surface area contributed by atoms with Crippen LogP contribution in [0.5, 0.6) is 0 Å². The number of hydrogen-bond acceptors (Lipinski definition) is 3. The van der Waals surface area contributed by atoms with Crippen molar-refractivity contribution in [3.63, 3.8) is 0 Å². The maximum atomic E-state index is 5.69. The maximum absolute atomic E-state index is 5.69. The Hall–Kier alpha value is -0.610. The summed E-state index contributed by atoms with van der Waals surface area (Å²) < 4.78 is 0.919. The minimum Gasteiger partial charge on any atom is -0.383 e. The van der Waals surface area contributed by atoms with Crippen molar-refractivity contribution in [2.24, 2.45) is 0 Å². The van der Waals surface area contributed by atoms with Crippen LogP contribution >= 0.6 is 15.9 Å². The van der Waals surface area contributed by atoms with Crippen molar-refractivity contribution in [3.8, 4) is 0 Å². The number of nitrogens with two attached hydrogens (primary N) is 1. The second kappa shape index (κ2) is 3.46. The van der Waals surface area contributed by atoms with Crippen molar-refractivity contribution in [2.75, 3.05) is 5.73 Å². The van der Waals surface area contributed by atoms with E-state index in [9.17, 15) is 0 Å². The Bertz CT molecular complexity index is 393. The van der Waals surface area contributed by atoms with Gasteiger partial charge in [0, 0.05) is 24.2 Å². The van der Waals surface area contributed by atoms with E-state index >= 15 is 0 Å². The fraction of sp³-hybridized carbons (Fsp3) is 0.545. The van der Waals surface area contributed by atoms with E-state index in [1.165, 1.54) is 24.8 Å². The molecule has 0 radical (unpaired) electrons. The zero-order valence-corrected chi connectivity index (χ0v) is 10.00. The molecule has 0 amide bonds. The van der Waals surface area contributed by atoms with Gasteiger partial charge >= 0.3 is 0 Å². The fourth-order valence-corrected chi connectivity index (χ4v) is 3.23. The van der Waals surface area contributed by atoms with Gasteiger partial charge in [-0.05, 0) is 46.8 Å².